The van der Waals surface area contributed by atoms with Crippen molar-refractivity contribution in [1.29, 1.82) is 0 Å². The fraction of sp³-hybridized carbons (Fsp3) is 0.538. The quantitative estimate of drug-likeness (QED) is 0.182. The normalized spacial score (nSPS) is 18.7. The van der Waals surface area contributed by atoms with Crippen LogP contribution in [0.3, 0.4) is 0 Å². The van der Waals surface area contributed by atoms with Gasteiger partial charge in [0.25, 0.3) is 5.56 Å². The zero-order valence-electron chi connectivity index (χ0n) is 19.7. The maximum absolute atomic E-state index is 12.7. The molecule has 7 nitrogen and oxygen atoms in total. The fourth-order valence-corrected chi connectivity index (χ4v) is 5.56. The lowest BCUT2D eigenvalue weighted by atomic mass is 9.85. The zero-order valence-corrected chi connectivity index (χ0v) is 20.5. The van der Waals surface area contributed by atoms with Gasteiger partial charge in [-0.05, 0) is 62.4 Å². The molecule has 8 heteroatoms. The minimum absolute atomic E-state index is 0.0728. The summed E-state index contributed by atoms with van der Waals surface area (Å²) >= 11 is 1.25. The third-order valence-electron chi connectivity index (χ3n) is 6.72. The van der Waals surface area contributed by atoms with Gasteiger partial charge >= 0.3 is 5.97 Å². The summed E-state index contributed by atoms with van der Waals surface area (Å²) in [7, 11) is 0. The van der Waals surface area contributed by atoms with Crippen LogP contribution in [0, 0.1) is 5.92 Å². The van der Waals surface area contributed by atoms with E-state index >= 15 is 0 Å². The van der Waals surface area contributed by atoms with E-state index in [2.05, 4.69) is 10.3 Å². The number of aromatic nitrogens is 2. The van der Waals surface area contributed by atoms with E-state index in [0.717, 1.165) is 37.1 Å². The lowest BCUT2D eigenvalue weighted by Crippen LogP contribution is -2.34. The maximum atomic E-state index is 12.7. The first kappa shape index (κ1) is 24.7. The van der Waals surface area contributed by atoms with Gasteiger partial charge < -0.3 is 15.0 Å². The molecule has 1 unspecified atom stereocenters. The molecule has 1 aliphatic heterocycles. The largest absolute Gasteiger partial charge is 0.425 e. The lowest BCUT2D eigenvalue weighted by Gasteiger charge is -2.22. The van der Waals surface area contributed by atoms with E-state index in [1.807, 2.05) is 6.92 Å². The van der Waals surface area contributed by atoms with Crippen molar-refractivity contribution in [3.63, 3.8) is 0 Å². The molecular weight excluding hydrogens is 450 g/mol. The monoisotopic (exact) mass is 483 g/mol. The molecule has 1 atom stereocenters. The van der Waals surface area contributed by atoms with Crippen molar-refractivity contribution in [2.75, 3.05) is 12.3 Å². The van der Waals surface area contributed by atoms with Gasteiger partial charge in [-0.2, -0.15) is 0 Å². The number of rotatable bonds is 9. The van der Waals surface area contributed by atoms with Crippen LogP contribution in [0.2, 0.25) is 0 Å². The Balaban J connectivity index is 1.36. The predicted molar refractivity (Wildman–Crippen MR) is 133 cm³/mol. The minimum atomic E-state index is -0.290. The number of Topliss-reactive ketones (excluding diaryl/α,β-unsaturated/α-hetero) is 1. The molecule has 0 spiro atoms. The van der Waals surface area contributed by atoms with Gasteiger partial charge in [0.05, 0.1) is 11.4 Å². The molecule has 2 fully saturated rings. The van der Waals surface area contributed by atoms with Crippen LogP contribution in [0.4, 0.5) is 0 Å². The molecular formula is C26H33N3O4S. The first-order valence-corrected chi connectivity index (χ1v) is 13.3. The summed E-state index contributed by atoms with van der Waals surface area (Å²) in [5.41, 5.74) is 2.08. The highest BCUT2D eigenvalue weighted by Gasteiger charge is 2.24. The van der Waals surface area contributed by atoms with E-state index in [1.54, 1.807) is 24.3 Å². The van der Waals surface area contributed by atoms with E-state index in [-0.39, 0.29) is 29.1 Å². The van der Waals surface area contributed by atoms with Crippen LogP contribution >= 0.6 is 11.8 Å². The summed E-state index contributed by atoms with van der Waals surface area (Å²) in [6.45, 7) is 2.81. The molecule has 2 aliphatic rings. The lowest BCUT2D eigenvalue weighted by molar-refractivity contribution is -0.136. The van der Waals surface area contributed by atoms with Gasteiger partial charge in [-0.25, -0.2) is 9.78 Å². The second kappa shape index (κ2) is 11.8. The minimum Gasteiger partial charge on any atom is -0.425 e. The highest BCUT2D eigenvalue weighted by atomic mass is 32.2. The van der Waals surface area contributed by atoms with Gasteiger partial charge in [0, 0.05) is 11.1 Å². The van der Waals surface area contributed by atoms with E-state index < -0.39 is 0 Å². The van der Waals surface area contributed by atoms with Crippen molar-refractivity contribution in [2.24, 2.45) is 5.92 Å². The Morgan fingerprint density at radius 2 is 1.85 bits per heavy atom. The zero-order chi connectivity index (χ0) is 23.9. The predicted octanol–water partition coefficient (Wildman–Crippen LogP) is 4.09. The highest BCUT2D eigenvalue weighted by molar-refractivity contribution is 7.99. The molecule has 0 radical (unpaired) electrons. The van der Waals surface area contributed by atoms with Gasteiger partial charge in [0.1, 0.15) is 11.8 Å². The Kier molecular flexibility index (Phi) is 8.56. The van der Waals surface area contributed by atoms with Crippen LogP contribution < -0.4 is 15.6 Å². The molecule has 1 aromatic carbocycles. The molecule has 1 saturated carbocycles. The van der Waals surface area contributed by atoms with E-state index in [1.165, 1.54) is 43.9 Å². The number of aromatic amines is 1. The van der Waals surface area contributed by atoms with Crippen LogP contribution in [0.1, 0.15) is 73.5 Å². The number of hydrogen-bond acceptors (Lipinski definition) is 7. The molecule has 1 saturated heterocycles. The molecule has 2 N–H and O–H groups in total. The van der Waals surface area contributed by atoms with E-state index in [4.69, 9.17) is 9.72 Å². The third-order valence-corrected chi connectivity index (χ3v) is 7.59. The molecule has 0 amide bonds. The van der Waals surface area contributed by atoms with Crippen LogP contribution in [0.15, 0.2) is 34.2 Å². The molecule has 2 heterocycles. The van der Waals surface area contributed by atoms with E-state index in [0.29, 0.717) is 28.8 Å². The SMILES string of the molecule is CCc1c(CC2CCCCC2)nc(SCC(=O)c2ccc(OC(=O)C3CCCN3)cc2)[nH]c1=O. The number of ketones is 1. The number of hydrogen-bond donors (Lipinski definition) is 2. The standard InChI is InChI=1S/C26H33N3O4S/c1-2-20-22(15-17-7-4-3-5-8-17)28-26(29-24(20)31)34-16-23(30)18-10-12-19(13-11-18)33-25(32)21-9-6-14-27-21/h10-13,17,21,27H,2-9,14-16H2,1H3,(H,28,29,31). The second-order valence-corrected chi connectivity index (χ2v) is 10.1. The Morgan fingerprint density at radius 3 is 2.53 bits per heavy atom. The summed E-state index contributed by atoms with van der Waals surface area (Å²) in [6.07, 6.45) is 9.43. The highest BCUT2D eigenvalue weighted by Crippen LogP contribution is 2.27. The number of ether oxygens (including phenoxy) is 1. The Morgan fingerprint density at radius 1 is 1.09 bits per heavy atom. The van der Waals surface area contributed by atoms with E-state index in [9.17, 15) is 14.4 Å². The van der Waals surface area contributed by atoms with Crippen LogP contribution in [-0.4, -0.2) is 40.1 Å². The van der Waals surface area contributed by atoms with Crippen LogP contribution in [-0.2, 0) is 17.6 Å². The molecule has 182 valence electrons. The molecule has 4 rings (SSSR count). The number of nitrogens with one attached hydrogen (secondary N) is 2. The van der Waals surface area contributed by atoms with Crippen molar-refractivity contribution in [3.8, 4) is 5.75 Å². The smallest absolute Gasteiger partial charge is 0.328 e. The molecule has 34 heavy (non-hydrogen) atoms. The Bertz CT molecular complexity index is 1050. The first-order valence-electron chi connectivity index (χ1n) is 12.4. The summed E-state index contributed by atoms with van der Waals surface area (Å²) < 4.78 is 5.41. The molecule has 0 bridgehead atoms. The van der Waals surface area contributed by atoms with Crippen LogP contribution in [0.5, 0.6) is 5.75 Å². The topological polar surface area (TPSA) is 101 Å². The van der Waals surface area contributed by atoms with Crippen LogP contribution in [0.25, 0.3) is 0 Å². The van der Waals surface area contributed by atoms with Crippen molar-refractivity contribution >= 4 is 23.5 Å². The van der Waals surface area contributed by atoms with Gasteiger partial charge in [0.2, 0.25) is 0 Å². The number of carbonyl (C=O) groups is 2. The molecule has 2 aromatic rings. The number of H-pyrrole nitrogens is 1. The summed E-state index contributed by atoms with van der Waals surface area (Å²) in [5.74, 6) is 0.821. The first-order chi connectivity index (χ1) is 16.5. The summed E-state index contributed by atoms with van der Waals surface area (Å²) in [6, 6.07) is 6.36. The average Bonchev–Trinajstić information content (AvgIpc) is 3.39. The molecule has 1 aliphatic carbocycles. The van der Waals surface area contributed by atoms with Crippen molar-refractivity contribution < 1.29 is 14.3 Å². The number of carbonyl (C=O) groups excluding carboxylic acids is 2. The average molecular weight is 484 g/mol. The molecule has 1 aromatic heterocycles. The Hall–Kier alpha value is -2.45. The van der Waals surface area contributed by atoms with Crippen molar-refractivity contribution in [2.45, 2.75) is 75.9 Å². The maximum Gasteiger partial charge on any atom is 0.328 e. The summed E-state index contributed by atoms with van der Waals surface area (Å²) in [5, 5.41) is 3.61. The van der Waals surface area contributed by atoms with Gasteiger partial charge in [0.15, 0.2) is 10.9 Å². The van der Waals surface area contributed by atoms with Gasteiger partial charge in [-0.1, -0.05) is 50.8 Å². The van der Waals surface area contributed by atoms with Crippen molar-refractivity contribution in [3.05, 3.63) is 51.4 Å². The number of nitrogens with zero attached hydrogens (tertiary/aromatic N) is 1. The number of esters is 1. The Labute approximate surface area is 204 Å². The van der Waals surface area contributed by atoms with Gasteiger partial charge in [-0.15, -0.1) is 0 Å². The third kappa shape index (κ3) is 6.36. The fourth-order valence-electron chi connectivity index (χ4n) is 4.79. The van der Waals surface area contributed by atoms with Crippen molar-refractivity contribution in [1.82, 2.24) is 15.3 Å². The second-order valence-electron chi connectivity index (χ2n) is 9.16. The summed E-state index contributed by atoms with van der Waals surface area (Å²) in [4.78, 5) is 45.1. The van der Waals surface area contributed by atoms with Gasteiger partial charge in [-0.3, -0.25) is 9.59 Å². The number of benzene rings is 1. The number of thioether (sulfide) groups is 1.